The summed E-state index contributed by atoms with van der Waals surface area (Å²) in [6, 6.07) is 19.5. The summed E-state index contributed by atoms with van der Waals surface area (Å²) in [6.45, 7) is 4.16. The molecule has 2 aromatic carbocycles. The second-order valence-corrected chi connectivity index (χ2v) is 12.4. The first-order valence-corrected chi connectivity index (χ1v) is 17.0. The van der Waals surface area contributed by atoms with Crippen molar-refractivity contribution in [1.29, 1.82) is 0 Å². The van der Waals surface area contributed by atoms with Crippen molar-refractivity contribution >= 4 is 10.1 Å². The van der Waals surface area contributed by atoms with Crippen LogP contribution in [-0.2, 0) is 21.3 Å². The van der Waals surface area contributed by atoms with Crippen LogP contribution in [0.4, 0.5) is 13.2 Å². The van der Waals surface area contributed by atoms with Gasteiger partial charge < -0.3 is 9.47 Å². The van der Waals surface area contributed by atoms with Gasteiger partial charge in [0.15, 0.2) is 0 Å². The van der Waals surface area contributed by atoms with E-state index < -0.39 is 22.7 Å². The molecule has 0 unspecified atom stereocenters. The monoisotopic (exact) mass is 668 g/mol. The van der Waals surface area contributed by atoms with Crippen molar-refractivity contribution in [1.82, 2.24) is 9.97 Å². The van der Waals surface area contributed by atoms with Gasteiger partial charge in [-0.25, -0.2) is 0 Å². The van der Waals surface area contributed by atoms with Gasteiger partial charge in [-0.15, -0.1) is 0 Å². The van der Waals surface area contributed by atoms with E-state index in [4.69, 9.17) is 9.47 Å². The normalized spacial score (nSPS) is 11.7. The van der Waals surface area contributed by atoms with Crippen LogP contribution in [0.15, 0.2) is 96.9 Å². The number of halogens is 3. The maximum absolute atomic E-state index is 13.0. The molecule has 4 rings (SSSR count). The smallest absolute Gasteiger partial charge is 0.389 e. The number of benzene rings is 2. The number of rotatable bonds is 18. The zero-order chi connectivity index (χ0) is 33.7. The molecule has 0 atom stereocenters. The fourth-order valence-corrected chi connectivity index (χ4v) is 6.29. The first-order chi connectivity index (χ1) is 22.6. The number of alkyl halides is 3. The molecule has 1 N–H and O–H groups in total. The van der Waals surface area contributed by atoms with Crippen LogP contribution in [0, 0.1) is 0 Å². The van der Waals surface area contributed by atoms with Crippen LogP contribution in [0.2, 0.25) is 0 Å². The van der Waals surface area contributed by atoms with Crippen molar-refractivity contribution < 1.29 is 35.6 Å². The van der Waals surface area contributed by atoms with Crippen LogP contribution in [0.1, 0.15) is 56.9 Å². The molecule has 0 amide bonds. The Morgan fingerprint density at radius 1 is 0.787 bits per heavy atom. The molecule has 47 heavy (non-hydrogen) atoms. The lowest BCUT2D eigenvalue weighted by Gasteiger charge is -2.22. The molecule has 0 aliphatic rings. The second kappa shape index (κ2) is 17.1. The third kappa shape index (κ3) is 10.7. The molecule has 7 nitrogen and oxygen atoms in total. The van der Waals surface area contributed by atoms with Gasteiger partial charge in [0, 0.05) is 29.9 Å². The number of hydrogen-bond donors (Lipinski definition) is 1. The summed E-state index contributed by atoms with van der Waals surface area (Å²) in [4.78, 5) is 9.02. The van der Waals surface area contributed by atoms with Crippen LogP contribution in [0.25, 0.3) is 33.6 Å². The summed E-state index contributed by atoms with van der Waals surface area (Å²) in [7, 11) is -4.68. The first-order valence-electron chi connectivity index (χ1n) is 15.6. The zero-order valence-corrected chi connectivity index (χ0v) is 26.9. The maximum atomic E-state index is 13.0. The van der Waals surface area contributed by atoms with Crippen molar-refractivity contribution in [3.05, 3.63) is 97.5 Å². The van der Waals surface area contributed by atoms with Crippen molar-refractivity contribution in [2.45, 2.75) is 68.9 Å². The molecule has 0 bridgehead atoms. The molecule has 4 aromatic rings. The summed E-state index contributed by atoms with van der Waals surface area (Å²) >= 11 is 0. The van der Waals surface area contributed by atoms with Gasteiger partial charge >= 0.3 is 6.18 Å². The SMILES string of the molecule is C=COCCOc1ccc(-c2cc(S(=O)(=O)O)c(CCCCCCCCCC(F)(F)F)c(-c3ccccn3)c2-c2ccccn2)cc1. The number of hydrogen-bond acceptors (Lipinski definition) is 6. The van der Waals surface area contributed by atoms with Crippen LogP contribution in [-0.4, -0.2) is 42.3 Å². The summed E-state index contributed by atoms with van der Waals surface area (Å²) in [5.41, 5.74) is 4.02. The lowest BCUT2D eigenvalue weighted by Crippen LogP contribution is -2.09. The highest BCUT2D eigenvalue weighted by atomic mass is 32.2. The molecule has 0 saturated carbocycles. The van der Waals surface area contributed by atoms with Crippen molar-refractivity contribution in [2.75, 3.05) is 13.2 Å². The van der Waals surface area contributed by atoms with E-state index in [0.717, 1.165) is 19.3 Å². The fourth-order valence-electron chi connectivity index (χ4n) is 5.51. The molecule has 0 radical (unpaired) electrons. The minimum absolute atomic E-state index is 0.123. The van der Waals surface area contributed by atoms with E-state index in [1.54, 1.807) is 42.7 Å². The highest BCUT2D eigenvalue weighted by Gasteiger charge is 2.28. The molecule has 2 aromatic heterocycles. The lowest BCUT2D eigenvalue weighted by atomic mass is 9.86. The molecular weight excluding hydrogens is 629 g/mol. The Kier molecular flexibility index (Phi) is 12.9. The highest BCUT2D eigenvalue weighted by molar-refractivity contribution is 7.85. The Balaban J connectivity index is 1.72. The molecule has 0 spiro atoms. The van der Waals surface area contributed by atoms with E-state index in [1.807, 2.05) is 30.3 Å². The van der Waals surface area contributed by atoms with Gasteiger partial charge in [-0.2, -0.15) is 21.6 Å². The van der Waals surface area contributed by atoms with Crippen LogP contribution < -0.4 is 4.74 Å². The summed E-state index contributed by atoms with van der Waals surface area (Å²) in [5.74, 6) is 0.595. The number of aromatic nitrogens is 2. The molecule has 0 saturated heterocycles. The van der Waals surface area contributed by atoms with Gasteiger partial charge in [-0.05, 0) is 78.4 Å². The van der Waals surface area contributed by atoms with Crippen molar-refractivity contribution in [3.8, 4) is 39.4 Å². The Hall–Kier alpha value is -4.22. The topological polar surface area (TPSA) is 98.6 Å². The molecule has 0 aliphatic carbocycles. The first kappa shape index (κ1) is 35.6. The van der Waals surface area contributed by atoms with Crippen LogP contribution >= 0.6 is 0 Å². The molecule has 0 fully saturated rings. The number of unbranched alkanes of at least 4 members (excludes halogenated alkanes) is 6. The Labute approximate surface area is 274 Å². The van der Waals surface area contributed by atoms with Gasteiger partial charge in [0.2, 0.25) is 0 Å². The summed E-state index contributed by atoms with van der Waals surface area (Å²) < 4.78 is 84.7. The second-order valence-electron chi connectivity index (χ2n) is 11.1. The Morgan fingerprint density at radius 2 is 1.38 bits per heavy atom. The number of ether oxygens (including phenoxy) is 2. The largest absolute Gasteiger partial charge is 0.498 e. The molecular formula is C36H39F3N2O5S. The van der Waals surface area contributed by atoms with E-state index in [0.29, 0.717) is 83.9 Å². The van der Waals surface area contributed by atoms with Gasteiger partial charge in [0.05, 0.1) is 22.5 Å². The third-order valence-electron chi connectivity index (χ3n) is 7.65. The van der Waals surface area contributed by atoms with Gasteiger partial charge in [0.1, 0.15) is 19.0 Å². The quantitative estimate of drug-likeness (QED) is 0.0641. The Morgan fingerprint density at radius 3 is 1.94 bits per heavy atom. The van der Waals surface area contributed by atoms with Gasteiger partial charge in [-0.3, -0.25) is 14.5 Å². The van der Waals surface area contributed by atoms with Crippen LogP contribution in [0.5, 0.6) is 5.75 Å². The molecule has 250 valence electrons. The summed E-state index contributed by atoms with van der Waals surface area (Å²) in [5, 5.41) is 0. The maximum Gasteiger partial charge on any atom is 0.389 e. The van der Waals surface area contributed by atoms with Gasteiger partial charge in [-0.1, -0.05) is 62.9 Å². The number of nitrogens with zero attached hydrogens (tertiary/aromatic N) is 2. The van der Waals surface area contributed by atoms with Crippen molar-refractivity contribution in [2.24, 2.45) is 0 Å². The van der Waals surface area contributed by atoms with Crippen molar-refractivity contribution in [3.63, 3.8) is 0 Å². The third-order valence-corrected chi connectivity index (χ3v) is 8.57. The van der Waals surface area contributed by atoms with E-state index in [9.17, 15) is 26.1 Å². The average molecular weight is 669 g/mol. The van der Waals surface area contributed by atoms with Gasteiger partial charge in [0.25, 0.3) is 10.1 Å². The minimum Gasteiger partial charge on any atom is -0.498 e. The summed E-state index contributed by atoms with van der Waals surface area (Å²) in [6.07, 6.45) is 4.34. The standard InChI is InChI=1S/C36H39F3N2O5S/c1-2-45-24-25-46-28-19-17-27(18-20-28)30-26-33(47(42,43)44)29(14-8-6-4-3-5-7-11-21-36(37,38)39)34(31-15-9-12-22-40-31)35(30)32-16-10-13-23-41-32/h2,9-10,12-13,15-20,22-23,26H,1,3-8,11,14,21,24-25H2,(H,42,43,44). The fraction of sp³-hybridized carbons (Fsp3) is 0.333. The zero-order valence-electron chi connectivity index (χ0n) is 26.1. The Bertz CT molecular complexity index is 1680. The van der Waals surface area contributed by atoms with E-state index in [1.165, 1.54) is 12.3 Å². The van der Waals surface area contributed by atoms with E-state index in [2.05, 4.69) is 16.5 Å². The van der Waals surface area contributed by atoms with Crippen LogP contribution in [0.3, 0.4) is 0 Å². The van der Waals surface area contributed by atoms with E-state index >= 15 is 0 Å². The average Bonchev–Trinajstić information content (AvgIpc) is 3.05. The molecule has 11 heteroatoms. The highest BCUT2D eigenvalue weighted by Crippen LogP contribution is 2.44. The molecule has 2 heterocycles. The predicted molar refractivity (Wildman–Crippen MR) is 176 cm³/mol. The predicted octanol–water partition coefficient (Wildman–Crippen LogP) is 9.49. The molecule has 0 aliphatic heterocycles. The van der Waals surface area contributed by atoms with E-state index in [-0.39, 0.29) is 11.3 Å². The number of pyridine rings is 2. The minimum atomic E-state index is -4.68. The lowest BCUT2D eigenvalue weighted by molar-refractivity contribution is -0.135.